The maximum atomic E-state index is 12.1. The first kappa shape index (κ1) is 15.2. The molecule has 2 aromatic heterocycles. The Morgan fingerprint density at radius 3 is 2.57 bits per heavy atom. The highest BCUT2D eigenvalue weighted by molar-refractivity contribution is 5.94. The maximum Gasteiger partial charge on any atom is 0.252 e. The zero-order valence-electron chi connectivity index (χ0n) is 13.3. The van der Waals surface area contributed by atoms with E-state index in [1.807, 2.05) is 54.8 Å². The first-order chi connectivity index (χ1) is 11.1. The van der Waals surface area contributed by atoms with Crippen LogP contribution in [0.25, 0.3) is 16.9 Å². The lowest BCUT2D eigenvalue weighted by Crippen LogP contribution is -2.30. The van der Waals surface area contributed by atoms with Gasteiger partial charge in [0, 0.05) is 30.5 Å². The van der Waals surface area contributed by atoms with Crippen LogP contribution in [0, 0.1) is 0 Å². The van der Waals surface area contributed by atoms with Crippen molar-refractivity contribution in [3.05, 3.63) is 59.9 Å². The molecule has 0 unspecified atom stereocenters. The Balaban J connectivity index is 1.93. The van der Waals surface area contributed by atoms with Crippen LogP contribution in [0.1, 0.15) is 29.8 Å². The number of hydrogen-bond donors (Lipinski definition) is 2. The normalized spacial score (nSPS) is 11.1. The molecule has 5 heteroatoms. The van der Waals surface area contributed by atoms with Crippen molar-refractivity contribution in [3.63, 3.8) is 0 Å². The molecule has 1 aromatic carbocycles. The molecule has 2 heterocycles. The molecule has 0 atom stereocenters. The van der Waals surface area contributed by atoms with E-state index in [2.05, 4.69) is 10.3 Å². The van der Waals surface area contributed by atoms with Gasteiger partial charge in [0.2, 0.25) is 0 Å². The Labute approximate surface area is 135 Å². The fraction of sp³-hybridized carbons (Fsp3) is 0.222. The third-order valence-electron chi connectivity index (χ3n) is 3.62. The van der Waals surface area contributed by atoms with E-state index in [0.717, 1.165) is 22.5 Å². The quantitative estimate of drug-likeness (QED) is 0.778. The molecule has 3 aromatic rings. The molecule has 0 aliphatic carbocycles. The van der Waals surface area contributed by atoms with E-state index in [9.17, 15) is 4.79 Å². The average Bonchev–Trinajstić information content (AvgIpc) is 2.97. The molecule has 23 heavy (non-hydrogen) atoms. The van der Waals surface area contributed by atoms with Gasteiger partial charge in [-0.15, -0.1) is 0 Å². The second-order valence-corrected chi connectivity index (χ2v) is 5.84. The van der Waals surface area contributed by atoms with Crippen LogP contribution in [0.15, 0.2) is 48.8 Å². The highest BCUT2D eigenvalue weighted by Crippen LogP contribution is 2.20. The second-order valence-electron chi connectivity index (χ2n) is 5.84. The number of aromatic nitrogens is 2. The minimum absolute atomic E-state index is 0.0792. The number of nitrogens with two attached hydrogens (primary N) is 1. The van der Waals surface area contributed by atoms with E-state index in [-0.39, 0.29) is 11.9 Å². The molecular formula is C18H20N4O. The summed E-state index contributed by atoms with van der Waals surface area (Å²) >= 11 is 0. The van der Waals surface area contributed by atoms with Gasteiger partial charge in [-0.05, 0) is 31.5 Å². The van der Waals surface area contributed by atoms with Gasteiger partial charge in [-0.2, -0.15) is 0 Å². The molecule has 0 saturated carbocycles. The van der Waals surface area contributed by atoms with Crippen molar-refractivity contribution < 1.29 is 4.79 Å². The van der Waals surface area contributed by atoms with Crippen molar-refractivity contribution in [1.29, 1.82) is 0 Å². The molecule has 0 radical (unpaired) electrons. The largest absolute Gasteiger partial charge is 0.350 e. The van der Waals surface area contributed by atoms with Gasteiger partial charge in [0.15, 0.2) is 0 Å². The van der Waals surface area contributed by atoms with E-state index >= 15 is 0 Å². The molecule has 0 fully saturated rings. The highest BCUT2D eigenvalue weighted by atomic mass is 16.1. The number of carbonyl (C=O) groups is 1. The summed E-state index contributed by atoms with van der Waals surface area (Å²) in [6, 6.07) is 11.8. The smallest absolute Gasteiger partial charge is 0.252 e. The van der Waals surface area contributed by atoms with E-state index < -0.39 is 0 Å². The molecule has 3 rings (SSSR count). The third-order valence-corrected chi connectivity index (χ3v) is 3.62. The zero-order chi connectivity index (χ0) is 16.4. The summed E-state index contributed by atoms with van der Waals surface area (Å²) in [4.78, 5) is 16.7. The number of hydrogen-bond acceptors (Lipinski definition) is 3. The van der Waals surface area contributed by atoms with E-state index in [1.54, 1.807) is 12.3 Å². The Kier molecular flexibility index (Phi) is 4.12. The predicted molar refractivity (Wildman–Crippen MR) is 91.1 cm³/mol. The lowest BCUT2D eigenvalue weighted by atomic mass is 10.1. The second kappa shape index (κ2) is 6.22. The monoisotopic (exact) mass is 308 g/mol. The first-order valence-corrected chi connectivity index (χ1v) is 7.66. The summed E-state index contributed by atoms with van der Waals surface area (Å²) in [5.41, 5.74) is 10.0. The Hall–Kier alpha value is -2.66. The molecule has 0 aliphatic heterocycles. The number of imidazole rings is 1. The summed E-state index contributed by atoms with van der Waals surface area (Å²) in [6.45, 7) is 4.41. The number of rotatable bonds is 4. The highest BCUT2D eigenvalue weighted by Gasteiger charge is 2.10. The van der Waals surface area contributed by atoms with Gasteiger partial charge in [-0.1, -0.05) is 24.3 Å². The van der Waals surface area contributed by atoms with E-state index in [0.29, 0.717) is 12.1 Å². The number of pyridine rings is 1. The summed E-state index contributed by atoms with van der Waals surface area (Å²) < 4.78 is 1.88. The number of carbonyl (C=O) groups excluding carboxylic acids is 1. The van der Waals surface area contributed by atoms with Gasteiger partial charge in [0.1, 0.15) is 5.65 Å². The molecular weight excluding hydrogens is 288 g/mol. The SMILES string of the molecule is CC(C)NC(=O)c1ccc2nc(-c3ccc(CN)cc3)cn2c1. The Bertz CT molecular complexity index is 834. The van der Waals surface area contributed by atoms with Gasteiger partial charge in [0.25, 0.3) is 5.91 Å². The standard InChI is InChI=1S/C18H20N4O/c1-12(2)20-18(23)15-7-8-17-21-16(11-22(17)10-15)14-5-3-13(9-19)4-6-14/h3-8,10-12H,9,19H2,1-2H3,(H,20,23). The molecule has 0 bridgehead atoms. The summed E-state index contributed by atoms with van der Waals surface area (Å²) in [5.74, 6) is -0.0792. The van der Waals surface area contributed by atoms with Crippen LogP contribution in [0.4, 0.5) is 0 Å². The average molecular weight is 308 g/mol. The molecule has 0 spiro atoms. The van der Waals surface area contributed by atoms with Crippen molar-refractivity contribution in [2.45, 2.75) is 26.4 Å². The van der Waals surface area contributed by atoms with Crippen LogP contribution < -0.4 is 11.1 Å². The van der Waals surface area contributed by atoms with Crippen LogP contribution >= 0.6 is 0 Å². The molecule has 1 amide bonds. The van der Waals surface area contributed by atoms with Crippen LogP contribution in [0.2, 0.25) is 0 Å². The lowest BCUT2D eigenvalue weighted by Gasteiger charge is -2.08. The number of amides is 1. The number of nitrogens with zero attached hydrogens (tertiary/aromatic N) is 2. The van der Waals surface area contributed by atoms with Crippen LogP contribution in [0.5, 0.6) is 0 Å². The van der Waals surface area contributed by atoms with Crippen molar-refractivity contribution >= 4 is 11.6 Å². The van der Waals surface area contributed by atoms with Crippen LogP contribution in [0.3, 0.4) is 0 Å². The van der Waals surface area contributed by atoms with Gasteiger partial charge >= 0.3 is 0 Å². The van der Waals surface area contributed by atoms with Crippen molar-refractivity contribution in [2.75, 3.05) is 0 Å². The minimum Gasteiger partial charge on any atom is -0.350 e. The van der Waals surface area contributed by atoms with Gasteiger partial charge in [0.05, 0.1) is 11.3 Å². The zero-order valence-corrected chi connectivity index (χ0v) is 13.3. The lowest BCUT2D eigenvalue weighted by molar-refractivity contribution is 0.0942. The Morgan fingerprint density at radius 2 is 1.91 bits per heavy atom. The van der Waals surface area contributed by atoms with E-state index in [4.69, 9.17) is 5.73 Å². The van der Waals surface area contributed by atoms with Crippen LogP contribution in [-0.2, 0) is 6.54 Å². The number of nitrogens with one attached hydrogen (secondary N) is 1. The predicted octanol–water partition coefficient (Wildman–Crippen LogP) is 2.60. The molecule has 5 nitrogen and oxygen atoms in total. The first-order valence-electron chi connectivity index (χ1n) is 7.66. The van der Waals surface area contributed by atoms with Crippen molar-refractivity contribution in [2.24, 2.45) is 5.73 Å². The number of fused-ring (bicyclic) bond motifs is 1. The van der Waals surface area contributed by atoms with Gasteiger partial charge < -0.3 is 15.5 Å². The summed E-state index contributed by atoms with van der Waals surface area (Å²) in [7, 11) is 0. The van der Waals surface area contributed by atoms with Crippen molar-refractivity contribution in [1.82, 2.24) is 14.7 Å². The molecule has 0 saturated heterocycles. The number of benzene rings is 1. The molecule has 0 aliphatic rings. The Morgan fingerprint density at radius 1 is 1.17 bits per heavy atom. The molecule has 118 valence electrons. The summed E-state index contributed by atoms with van der Waals surface area (Å²) in [6.07, 6.45) is 3.73. The topological polar surface area (TPSA) is 72.4 Å². The van der Waals surface area contributed by atoms with E-state index in [1.165, 1.54) is 0 Å². The molecule has 3 N–H and O–H groups in total. The van der Waals surface area contributed by atoms with Crippen LogP contribution in [-0.4, -0.2) is 21.3 Å². The fourth-order valence-electron chi connectivity index (χ4n) is 2.42. The minimum atomic E-state index is -0.0792. The van der Waals surface area contributed by atoms with Gasteiger partial charge in [-0.25, -0.2) is 4.98 Å². The van der Waals surface area contributed by atoms with Crippen molar-refractivity contribution in [3.8, 4) is 11.3 Å². The van der Waals surface area contributed by atoms with Gasteiger partial charge in [-0.3, -0.25) is 4.79 Å². The maximum absolute atomic E-state index is 12.1. The third kappa shape index (κ3) is 3.24. The fourth-order valence-corrected chi connectivity index (χ4v) is 2.42. The summed E-state index contributed by atoms with van der Waals surface area (Å²) in [5, 5.41) is 2.89.